The molecule has 2 saturated carbocycles. The molecule has 1 aromatic rings. The van der Waals surface area contributed by atoms with Crippen molar-refractivity contribution in [2.24, 2.45) is 29.4 Å². The van der Waals surface area contributed by atoms with Gasteiger partial charge in [-0.25, -0.2) is 0 Å². The number of fused-ring (bicyclic) bond motifs is 3. The van der Waals surface area contributed by atoms with Crippen LogP contribution in [0.3, 0.4) is 0 Å². The second-order valence-corrected chi connectivity index (χ2v) is 10.5. The predicted octanol–water partition coefficient (Wildman–Crippen LogP) is -1.50. The molecule has 5 N–H and O–H groups in total. The molecule has 11 nitrogen and oxygen atoms in total. The van der Waals surface area contributed by atoms with Gasteiger partial charge in [-0.1, -0.05) is 0 Å². The highest BCUT2D eigenvalue weighted by Gasteiger charge is 2.69. The molecule has 0 spiro atoms. The van der Waals surface area contributed by atoms with Gasteiger partial charge in [0.05, 0.1) is 30.8 Å². The van der Waals surface area contributed by atoms with Gasteiger partial charge in [0.15, 0.2) is 23.0 Å². The minimum absolute atomic E-state index is 0.0227. The van der Waals surface area contributed by atoms with Gasteiger partial charge in [-0.3, -0.25) is 19.2 Å². The smallest absolute Gasteiger partial charge is 0.230 e. The van der Waals surface area contributed by atoms with Crippen LogP contribution in [0.1, 0.15) is 22.3 Å². The van der Waals surface area contributed by atoms with E-state index in [-0.39, 0.29) is 24.2 Å². The average molecular weight is 502 g/mol. The van der Waals surface area contributed by atoms with Crippen LogP contribution in [0.25, 0.3) is 0 Å². The summed E-state index contributed by atoms with van der Waals surface area (Å²) in [5.74, 6) is -8.97. The van der Waals surface area contributed by atoms with Gasteiger partial charge >= 0.3 is 0 Å². The highest BCUT2D eigenvalue weighted by molar-refractivity contribution is 6.25. The molecule has 4 aliphatic rings. The molecular formula is C25H31N3O8. The second-order valence-electron chi connectivity index (χ2n) is 10.5. The fourth-order valence-electron chi connectivity index (χ4n) is 6.91. The van der Waals surface area contributed by atoms with E-state index in [0.717, 1.165) is 5.69 Å². The number of nitrogens with zero attached hydrogens (tertiary/aromatic N) is 2. The summed E-state index contributed by atoms with van der Waals surface area (Å²) in [7, 11) is 3.24. The molecule has 5 rings (SSSR count). The average Bonchev–Trinajstić information content (AvgIpc) is 2.81. The van der Waals surface area contributed by atoms with Crippen molar-refractivity contribution in [2.45, 2.75) is 30.6 Å². The molecule has 3 unspecified atom stereocenters. The number of benzene rings is 1. The number of morpholine rings is 1. The van der Waals surface area contributed by atoms with Gasteiger partial charge in [-0.05, 0) is 50.6 Å². The minimum Gasteiger partial charge on any atom is -0.507 e. The maximum atomic E-state index is 13.8. The maximum absolute atomic E-state index is 13.8. The topological polar surface area (TPSA) is 171 Å². The van der Waals surface area contributed by atoms with Crippen LogP contribution in [-0.4, -0.2) is 102 Å². The zero-order valence-electron chi connectivity index (χ0n) is 20.2. The molecule has 1 amide bonds. The van der Waals surface area contributed by atoms with E-state index in [1.807, 2.05) is 0 Å². The van der Waals surface area contributed by atoms with Crippen LogP contribution >= 0.6 is 0 Å². The van der Waals surface area contributed by atoms with E-state index in [2.05, 4.69) is 4.90 Å². The van der Waals surface area contributed by atoms with E-state index in [4.69, 9.17) is 10.5 Å². The third-order valence-corrected chi connectivity index (χ3v) is 8.50. The van der Waals surface area contributed by atoms with Gasteiger partial charge in [0, 0.05) is 30.7 Å². The van der Waals surface area contributed by atoms with Gasteiger partial charge in [0.1, 0.15) is 11.7 Å². The number of ketones is 3. The first-order chi connectivity index (χ1) is 17.0. The Morgan fingerprint density at radius 2 is 1.83 bits per heavy atom. The number of Topliss-reactive ketones (excluding diaryl/α,β-unsaturated/α-hetero) is 3. The van der Waals surface area contributed by atoms with Gasteiger partial charge in [0.25, 0.3) is 0 Å². The summed E-state index contributed by atoms with van der Waals surface area (Å²) in [6, 6.07) is 2.25. The first-order valence-electron chi connectivity index (χ1n) is 12.2. The summed E-state index contributed by atoms with van der Waals surface area (Å²) in [5.41, 5.74) is 4.17. The van der Waals surface area contributed by atoms with Crippen molar-refractivity contribution in [3.63, 3.8) is 0 Å². The lowest BCUT2D eigenvalue weighted by Crippen LogP contribution is -2.75. The van der Waals surface area contributed by atoms with E-state index in [0.29, 0.717) is 31.9 Å². The van der Waals surface area contributed by atoms with Crippen LogP contribution in [0.5, 0.6) is 5.75 Å². The van der Waals surface area contributed by atoms with Crippen LogP contribution in [-0.2, 0) is 25.5 Å². The third kappa shape index (κ3) is 3.33. The largest absolute Gasteiger partial charge is 0.507 e. The molecule has 11 heteroatoms. The molecule has 194 valence electrons. The molecule has 1 saturated heterocycles. The first kappa shape index (κ1) is 24.8. The lowest BCUT2D eigenvalue weighted by molar-refractivity contribution is -0.190. The highest BCUT2D eigenvalue weighted by Crippen LogP contribution is 2.52. The molecule has 7 atom stereocenters. The number of rotatable bonds is 3. The van der Waals surface area contributed by atoms with Crippen molar-refractivity contribution in [1.29, 1.82) is 0 Å². The summed E-state index contributed by atoms with van der Waals surface area (Å²) in [6.45, 7) is 2.26. The number of nitrogens with two attached hydrogens (primary N) is 1. The number of carbonyl (C=O) groups is 4. The number of aromatic hydroxyl groups is 1. The molecule has 1 aliphatic heterocycles. The molecule has 0 bridgehead atoms. The Balaban J connectivity index is 1.61. The first-order valence-corrected chi connectivity index (χ1v) is 12.2. The van der Waals surface area contributed by atoms with Crippen molar-refractivity contribution in [3.8, 4) is 5.75 Å². The Kier molecular flexibility index (Phi) is 5.94. The summed E-state index contributed by atoms with van der Waals surface area (Å²) in [6.07, 6.45) is -1.15. The van der Waals surface area contributed by atoms with Crippen molar-refractivity contribution >= 4 is 28.9 Å². The Morgan fingerprint density at radius 3 is 2.44 bits per heavy atom. The Bertz CT molecular complexity index is 1150. The number of hydrogen-bond acceptors (Lipinski definition) is 10. The number of hydrogen-bond donors (Lipinski definition) is 4. The summed E-state index contributed by atoms with van der Waals surface area (Å²) in [4.78, 5) is 56.6. The summed E-state index contributed by atoms with van der Waals surface area (Å²) >= 11 is 0. The maximum Gasteiger partial charge on any atom is 0.230 e. The number of carbonyl (C=O) groups excluding carboxylic acids is 4. The number of likely N-dealkylation sites (N-methyl/N-ethyl adjacent to an activating group) is 1. The molecule has 3 fully saturated rings. The van der Waals surface area contributed by atoms with E-state index in [1.54, 1.807) is 25.1 Å². The number of aliphatic hydroxyl groups is 2. The Morgan fingerprint density at radius 1 is 1.17 bits per heavy atom. The van der Waals surface area contributed by atoms with Crippen LogP contribution in [0.4, 0.5) is 5.69 Å². The van der Waals surface area contributed by atoms with Crippen LogP contribution in [0.2, 0.25) is 0 Å². The Hall–Kier alpha value is -2.86. The Labute approximate surface area is 207 Å². The van der Waals surface area contributed by atoms with E-state index in [1.165, 1.54) is 6.07 Å². The highest BCUT2D eigenvalue weighted by atomic mass is 16.5. The normalized spacial score (nSPS) is 36.4. The lowest BCUT2D eigenvalue weighted by Gasteiger charge is -2.55. The zero-order valence-corrected chi connectivity index (χ0v) is 20.2. The molecule has 1 aromatic carbocycles. The fraction of sp³-hybridized carbons (Fsp3) is 0.600. The van der Waals surface area contributed by atoms with Gasteiger partial charge in [-0.15, -0.1) is 0 Å². The third-order valence-electron chi connectivity index (χ3n) is 8.50. The van der Waals surface area contributed by atoms with Crippen molar-refractivity contribution in [2.75, 3.05) is 45.3 Å². The van der Waals surface area contributed by atoms with Crippen LogP contribution < -0.4 is 10.6 Å². The fourth-order valence-corrected chi connectivity index (χ4v) is 6.91. The predicted molar refractivity (Wildman–Crippen MR) is 125 cm³/mol. The quantitative estimate of drug-likeness (QED) is 0.357. The molecule has 3 aliphatic carbocycles. The van der Waals surface area contributed by atoms with Gasteiger partial charge in [0.2, 0.25) is 5.91 Å². The van der Waals surface area contributed by atoms with Crippen molar-refractivity contribution in [1.82, 2.24) is 4.90 Å². The number of aliphatic hydroxyl groups excluding tert-OH is 1. The zero-order chi connectivity index (χ0) is 26.1. The molecule has 1 heterocycles. The summed E-state index contributed by atoms with van der Waals surface area (Å²) < 4.78 is 5.44. The lowest BCUT2D eigenvalue weighted by atomic mass is 9.52. The van der Waals surface area contributed by atoms with Crippen molar-refractivity contribution < 1.29 is 39.2 Å². The van der Waals surface area contributed by atoms with Crippen molar-refractivity contribution in [3.05, 3.63) is 23.3 Å². The van der Waals surface area contributed by atoms with Crippen LogP contribution in [0.15, 0.2) is 12.1 Å². The molecular weight excluding hydrogens is 470 g/mol. The molecule has 36 heavy (non-hydrogen) atoms. The number of ether oxygens (including phenoxy) is 1. The number of amides is 1. The number of phenols is 1. The molecule has 0 radical (unpaired) electrons. The van der Waals surface area contributed by atoms with Gasteiger partial charge in [-0.2, -0.15) is 0 Å². The monoisotopic (exact) mass is 501 g/mol. The number of anilines is 1. The van der Waals surface area contributed by atoms with E-state index >= 15 is 0 Å². The number of phenolic OH excluding ortho intramolecular Hbond substituents is 1. The minimum atomic E-state index is -2.65. The van der Waals surface area contributed by atoms with E-state index < -0.39 is 64.7 Å². The van der Waals surface area contributed by atoms with E-state index in [9.17, 15) is 34.5 Å². The van der Waals surface area contributed by atoms with Gasteiger partial charge < -0.3 is 35.6 Å². The second kappa shape index (κ2) is 8.62. The van der Waals surface area contributed by atoms with Crippen LogP contribution in [0, 0.1) is 23.7 Å². The molecule has 0 aromatic heterocycles. The number of primary amides is 1. The SMILES string of the molecule is CN(C)[C@H]1C(O)C(C(N)=O)C(=O)[C@]2(O)C(=O)C3C(=O)c4c(O)ccc(N5CCOCC5)c4C[C@@H]3C[C@H]12. The standard InChI is InChI=1S/C25H31N3O8/c1-27(2)19-13-10-11-9-12-14(28-5-7-36-8-6-28)3-4-15(29)17(12)20(30)16(11)22(32)25(13,35)23(33)18(21(19)31)24(26)34/h3-4,11,13,16,18-19,21,29,31,35H,5-10H2,1-2H3,(H2,26,34)/t11-,13-,16?,18?,19-,21?,25-/m1/s1. The summed E-state index contributed by atoms with van der Waals surface area (Å²) in [5, 5.41) is 33.2.